The third-order valence-corrected chi connectivity index (χ3v) is 2.80. The minimum atomic E-state index is 0.736. The summed E-state index contributed by atoms with van der Waals surface area (Å²) in [5, 5.41) is 6.24. The smallest absolute Gasteiger partial charge is 0.0741 e. The Balaban J connectivity index is 2.22. The number of fused-ring (bicyclic) bond motifs is 1. The lowest BCUT2D eigenvalue weighted by Gasteiger charge is -2.02. The summed E-state index contributed by atoms with van der Waals surface area (Å²) in [7, 11) is 0. The van der Waals surface area contributed by atoms with E-state index < -0.39 is 0 Å². The second-order valence-electron chi connectivity index (χ2n) is 3.59. The first-order valence-corrected chi connectivity index (χ1v) is 5.41. The molecule has 0 unspecified atom stereocenters. The lowest BCUT2D eigenvalue weighted by Crippen LogP contribution is -1.94. The molecule has 0 aliphatic heterocycles. The molecule has 0 saturated heterocycles. The van der Waals surface area contributed by atoms with E-state index in [4.69, 9.17) is 11.6 Å². The topological polar surface area (TPSA) is 17.8 Å². The van der Waals surface area contributed by atoms with Crippen molar-refractivity contribution in [3.05, 3.63) is 59.8 Å². The van der Waals surface area contributed by atoms with Crippen LogP contribution in [0.4, 0.5) is 0 Å². The van der Waals surface area contributed by atoms with E-state index in [0.717, 1.165) is 21.6 Å². The first-order chi connectivity index (χ1) is 7.84. The number of aromatic nitrogens is 2. The van der Waals surface area contributed by atoms with E-state index in [1.807, 2.05) is 47.3 Å². The monoisotopic (exact) mass is 228 g/mol. The maximum Gasteiger partial charge on any atom is 0.0741 e. The fraction of sp³-hybridized carbons (Fsp3) is 0. The lowest BCUT2D eigenvalue weighted by molar-refractivity contribution is 0.911. The van der Waals surface area contributed by atoms with E-state index in [-0.39, 0.29) is 0 Å². The van der Waals surface area contributed by atoms with Crippen LogP contribution in [0.25, 0.3) is 16.6 Å². The maximum absolute atomic E-state index is 5.86. The number of hydrogen-bond acceptors (Lipinski definition) is 1. The molecule has 78 valence electrons. The molecule has 1 heterocycles. The predicted molar refractivity (Wildman–Crippen MR) is 66.1 cm³/mol. The number of halogens is 1. The molecule has 3 rings (SSSR count). The van der Waals surface area contributed by atoms with Gasteiger partial charge in [0.15, 0.2) is 0 Å². The third kappa shape index (κ3) is 1.48. The highest BCUT2D eigenvalue weighted by Gasteiger charge is 2.03. The standard InChI is InChI=1S/C13H9ClN2/c14-11-5-7-12(8-6-11)16-13-4-2-1-3-10(13)9-15-16/h1-9H. The van der Waals surface area contributed by atoms with Gasteiger partial charge < -0.3 is 0 Å². The van der Waals surface area contributed by atoms with Gasteiger partial charge in [-0.25, -0.2) is 4.68 Å². The number of para-hydroxylation sites is 1. The van der Waals surface area contributed by atoms with Crippen molar-refractivity contribution in [1.82, 2.24) is 9.78 Å². The van der Waals surface area contributed by atoms with Gasteiger partial charge in [-0.15, -0.1) is 0 Å². The molecule has 3 aromatic rings. The molecule has 0 aliphatic rings. The van der Waals surface area contributed by atoms with E-state index in [0.29, 0.717) is 0 Å². The highest BCUT2D eigenvalue weighted by molar-refractivity contribution is 6.30. The van der Waals surface area contributed by atoms with Crippen molar-refractivity contribution in [2.75, 3.05) is 0 Å². The van der Waals surface area contributed by atoms with E-state index in [1.54, 1.807) is 0 Å². The lowest BCUT2D eigenvalue weighted by atomic mass is 10.2. The van der Waals surface area contributed by atoms with Gasteiger partial charge >= 0.3 is 0 Å². The van der Waals surface area contributed by atoms with Gasteiger partial charge in [0.25, 0.3) is 0 Å². The van der Waals surface area contributed by atoms with Crippen molar-refractivity contribution < 1.29 is 0 Å². The van der Waals surface area contributed by atoms with Gasteiger partial charge in [0.05, 0.1) is 17.4 Å². The summed E-state index contributed by atoms with van der Waals surface area (Å²) in [6.45, 7) is 0. The molecule has 0 saturated carbocycles. The molecule has 16 heavy (non-hydrogen) atoms. The molecule has 0 bridgehead atoms. The Morgan fingerprint density at radius 3 is 2.50 bits per heavy atom. The van der Waals surface area contributed by atoms with Crippen LogP contribution in [0.5, 0.6) is 0 Å². The van der Waals surface area contributed by atoms with Crippen molar-refractivity contribution in [1.29, 1.82) is 0 Å². The Kier molecular flexibility index (Phi) is 2.15. The highest BCUT2D eigenvalue weighted by Crippen LogP contribution is 2.19. The Morgan fingerprint density at radius 1 is 0.938 bits per heavy atom. The van der Waals surface area contributed by atoms with Crippen LogP contribution in [0.2, 0.25) is 5.02 Å². The predicted octanol–water partition coefficient (Wildman–Crippen LogP) is 3.68. The fourth-order valence-corrected chi connectivity index (χ4v) is 1.89. The second kappa shape index (κ2) is 3.65. The molecule has 3 heteroatoms. The normalized spacial score (nSPS) is 10.8. The van der Waals surface area contributed by atoms with E-state index in [1.165, 1.54) is 0 Å². The van der Waals surface area contributed by atoms with Crippen molar-refractivity contribution in [3.63, 3.8) is 0 Å². The highest BCUT2D eigenvalue weighted by atomic mass is 35.5. The first-order valence-electron chi connectivity index (χ1n) is 5.03. The van der Waals surface area contributed by atoms with Gasteiger partial charge in [0, 0.05) is 10.4 Å². The molecule has 2 aromatic carbocycles. The van der Waals surface area contributed by atoms with Crippen LogP contribution in [0, 0.1) is 0 Å². The molecule has 0 fully saturated rings. The Hall–Kier alpha value is -1.80. The van der Waals surface area contributed by atoms with Gasteiger partial charge in [-0.1, -0.05) is 29.8 Å². The molecule has 0 spiro atoms. The largest absolute Gasteiger partial charge is 0.233 e. The number of rotatable bonds is 1. The summed E-state index contributed by atoms with van der Waals surface area (Å²) in [6, 6.07) is 15.8. The molecule has 0 N–H and O–H groups in total. The first kappa shape index (κ1) is 9.43. The Bertz CT molecular complexity index is 626. The maximum atomic E-state index is 5.86. The summed E-state index contributed by atoms with van der Waals surface area (Å²) in [5.41, 5.74) is 2.12. The Morgan fingerprint density at radius 2 is 1.69 bits per heavy atom. The van der Waals surface area contributed by atoms with Gasteiger partial charge in [-0.05, 0) is 30.3 Å². The third-order valence-electron chi connectivity index (χ3n) is 2.55. The Labute approximate surface area is 98.1 Å². The second-order valence-corrected chi connectivity index (χ2v) is 4.03. The zero-order valence-electron chi connectivity index (χ0n) is 8.47. The average Bonchev–Trinajstić information content (AvgIpc) is 2.74. The van der Waals surface area contributed by atoms with Crippen LogP contribution < -0.4 is 0 Å². The SMILES string of the molecule is Clc1ccc(-n2ncc3ccccc32)cc1. The van der Waals surface area contributed by atoms with E-state index in [9.17, 15) is 0 Å². The molecule has 0 radical (unpaired) electrons. The van der Waals surface area contributed by atoms with Crippen LogP contribution in [-0.4, -0.2) is 9.78 Å². The molecular weight excluding hydrogens is 220 g/mol. The molecular formula is C13H9ClN2. The van der Waals surface area contributed by atoms with Gasteiger partial charge in [0.1, 0.15) is 0 Å². The van der Waals surface area contributed by atoms with Crippen LogP contribution in [-0.2, 0) is 0 Å². The van der Waals surface area contributed by atoms with Gasteiger partial charge in [-0.2, -0.15) is 5.10 Å². The van der Waals surface area contributed by atoms with Crippen molar-refractivity contribution >= 4 is 22.5 Å². The molecule has 2 nitrogen and oxygen atoms in total. The van der Waals surface area contributed by atoms with Gasteiger partial charge in [-0.3, -0.25) is 0 Å². The van der Waals surface area contributed by atoms with Crippen LogP contribution >= 0.6 is 11.6 Å². The van der Waals surface area contributed by atoms with Crippen LogP contribution in [0.15, 0.2) is 54.7 Å². The molecule has 0 amide bonds. The average molecular weight is 229 g/mol. The number of benzene rings is 2. The van der Waals surface area contributed by atoms with E-state index >= 15 is 0 Å². The van der Waals surface area contributed by atoms with E-state index in [2.05, 4.69) is 17.2 Å². The summed E-state index contributed by atoms with van der Waals surface area (Å²) in [6.07, 6.45) is 1.87. The van der Waals surface area contributed by atoms with Crippen molar-refractivity contribution in [3.8, 4) is 5.69 Å². The number of nitrogens with zero attached hydrogens (tertiary/aromatic N) is 2. The van der Waals surface area contributed by atoms with Gasteiger partial charge in [0.2, 0.25) is 0 Å². The molecule has 0 atom stereocenters. The molecule has 0 aliphatic carbocycles. The summed E-state index contributed by atoms with van der Waals surface area (Å²) >= 11 is 5.86. The summed E-state index contributed by atoms with van der Waals surface area (Å²) < 4.78 is 1.91. The minimum absolute atomic E-state index is 0.736. The summed E-state index contributed by atoms with van der Waals surface area (Å²) in [4.78, 5) is 0. The van der Waals surface area contributed by atoms with Crippen LogP contribution in [0.3, 0.4) is 0 Å². The zero-order chi connectivity index (χ0) is 11.0. The van der Waals surface area contributed by atoms with Crippen molar-refractivity contribution in [2.45, 2.75) is 0 Å². The summed E-state index contributed by atoms with van der Waals surface area (Å²) in [5.74, 6) is 0. The quantitative estimate of drug-likeness (QED) is 0.621. The zero-order valence-corrected chi connectivity index (χ0v) is 9.22. The fourth-order valence-electron chi connectivity index (χ4n) is 1.76. The van der Waals surface area contributed by atoms with Crippen molar-refractivity contribution in [2.24, 2.45) is 0 Å². The molecule has 1 aromatic heterocycles. The number of hydrogen-bond donors (Lipinski definition) is 0. The minimum Gasteiger partial charge on any atom is -0.233 e. The van der Waals surface area contributed by atoms with Crippen LogP contribution in [0.1, 0.15) is 0 Å².